The number of unbranched alkanes of at least 4 members (excludes halogenated alkanes) is 3. The molecular weight excluding hydrogens is 252 g/mol. The van der Waals surface area contributed by atoms with Crippen LogP contribution in [0.4, 0.5) is 0 Å². The highest BCUT2D eigenvalue weighted by atomic mass is 32.1. The second-order valence-corrected chi connectivity index (χ2v) is 5.61. The normalized spacial score (nSPS) is 10.8. The average molecular weight is 274 g/mol. The first-order chi connectivity index (χ1) is 9.40. The van der Waals surface area contributed by atoms with Crippen molar-refractivity contribution in [3.8, 4) is 10.6 Å². The van der Waals surface area contributed by atoms with Gasteiger partial charge in [0.05, 0.1) is 5.69 Å². The molecule has 3 heteroatoms. The monoisotopic (exact) mass is 274 g/mol. The van der Waals surface area contributed by atoms with Crippen LogP contribution in [-0.2, 0) is 6.54 Å². The smallest absolute Gasteiger partial charge is 0.123 e. The Labute approximate surface area is 119 Å². The van der Waals surface area contributed by atoms with Gasteiger partial charge in [-0.05, 0) is 13.0 Å². The van der Waals surface area contributed by atoms with Crippen molar-refractivity contribution in [2.45, 2.75) is 39.2 Å². The van der Waals surface area contributed by atoms with Crippen LogP contribution in [0.1, 0.15) is 38.3 Å². The van der Waals surface area contributed by atoms with Crippen LogP contribution in [0.5, 0.6) is 0 Å². The SMILES string of the molecule is CCCCCCNCc1csc(-c2ccccc2)n1. The van der Waals surface area contributed by atoms with Crippen molar-refractivity contribution in [1.29, 1.82) is 0 Å². The molecule has 0 atom stereocenters. The van der Waals surface area contributed by atoms with Crippen molar-refractivity contribution >= 4 is 11.3 Å². The molecule has 0 aliphatic heterocycles. The van der Waals surface area contributed by atoms with Gasteiger partial charge in [0, 0.05) is 17.5 Å². The number of benzene rings is 1. The van der Waals surface area contributed by atoms with E-state index < -0.39 is 0 Å². The van der Waals surface area contributed by atoms with Crippen molar-refractivity contribution in [2.24, 2.45) is 0 Å². The van der Waals surface area contributed by atoms with Crippen LogP contribution in [-0.4, -0.2) is 11.5 Å². The van der Waals surface area contributed by atoms with Crippen LogP contribution in [0.15, 0.2) is 35.7 Å². The highest BCUT2D eigenvalue weighted by Crippen LogP contribution is 2.23. The third-order valence-electron chi connectivity index (χ3n) is 3.09. The molecular formula is C16H22N2S. The number of aromatic nitrogens is 1. The van der Waals surface area contributed by atoms with Crippen molar-refractivity contribution in [3.05, 3.63) is 41.4 Å². The van der Waals surface area contributed by atoms with Crippen molar-refractivity contribution in [2.75, 3.05) is 6.54 Å². The molecule has 0 fully saturated rings. The molecule has 1 aromatic heterocycles. The zero-order valence-corrected chi connectivity index (χ0v) is 12.4. The Morgan fingerprint density at radius 2 is 1.95 bits per heavy atom. The summed E-state index contributed by atoms with van der Waals surface area (Å²) in [6.07, 6.45) is 5.24. The standard InChI is InChI=1S/C16H22N2S/c1-2-3-4-8-11-17-12-15-13-19-16(18-15)14-9-6-5-7-10-14/h5-7,9-10,13,17H,2-4,8,11-12H2,1H3. The van der Waals surface area contributed by atoms with Crippen LogP contribution in [0.3, 0.4) is 0 Å². The fourth-order valence-corrected chi connectivity index (χ4v) is 2.82. The van der Waals surface area contributed by atoms with Gasteiger partial charge < -0.3 is 5.32 Å². The molecule has 0 spiro atoms. The Kier molecular flexibility index (Phi) is 6.05. The van der Waals surface area contributed by atoms with E-state index in [1.165, 1.54) is 31.2 Å². The number of rotatable bonds is 8. The Bertz CT molecular complexity index is 465. The quantitative estimate of drug-likeness (QED) is 0.718. The Balaban J connectivity index is 1.75. The van der Waals surface area contributed by atoms with Crippen molar-refractivity contribution in [3.63, 3.8) is 0 Å². The first kappa shape index (κ1) is 14.2. The number of nitrogens with one attached hydrogen (secondary N) is 1. The molecule has 2 rings (SSSR count). The molecule has 2 nitrogen and oxygen atoms in total. The second kappa shape index (κ2) is 8.08. The van der Waals surface area contributed by atoms with Gasteiger partial charge in [-0.25, -0.2) is 4.98 Å². The molecule has 0 radical (unpaired) electrons. The molecule has 0 amide bonds. The van der Waals surface area contributed by atoms with Crippen molar-refractivity contribution < 1.29 is 0 Å². The van der Waals surface area contributed by atoms with E-state index in [2.05, 4.69) is 46.9 Å². The highest BCUT2D eigenvalue weighted by Gasteiger charge is 2.03. The molecule has 0 saturated heterocycles. The first-order valence-corrected chi connectivity index (χ1v) is 7.98. The minimum absolute atomic E-state index is 0.884. The maximum absolute atomic E-state index is 4.67. The molecule has 0 bridgehead atoms. The maximum Gasteiger partial charge on any atom is 0.123 e. The largest absolute Gasteiger partial charge is 0.311 e. The van der Waals surface area contributed by atoms with Gasteiger partial charge in [0.25, 0.3) is 0 Å². The molecule has 1 heterocycles. The molecule has 2 aromatic rings. The average Bonchev–Trinajstić information content (AvgIpc) is 2.92. The minimum Gasteiger partial charge on any atom is -0.311 e. The third kappa shape index (κ3) is 4.77. The first-order valence-electron chi connectivity index (χ1n) is 7.10. The van der Waals surface area contributed by atoms with Crippen LogP contribution in [0.25, 0.3) is 10.6 Å². The molecule has 0 aliphatic rings. The lowest BCUT2D eigenvalue weighted by molar-refractivity contribution is 0.594. The third-order valence-corrected chi connectivity index (χ3v) is 4.03. The van der Waals surface area contributed by atoms with Crippen LogP contribution in [0, 0.1) is 0 Å². The summed E-state index contributed by atoms with van der Waals surface area (Å²) in [5.41, 5.74) is 2.36. The number of hydrogen-bond acceptors (Lipinski definition) is 3. The molecule has 102 valence electrons. The lowest BCUT2D eigenvalue weighted by atomic mass is 10.2. The second-order valence-electron chi connectivity index (χ2n) is 4.75. The van der Waals surface area contributed by atoms with Gasteiger partial charge in [-0.1, -0.05) is 56.5 Å². The van der Waals surface area contributed by atoms with Gasteiger partial charge >= 0.3 is 0 Å². The van der Waals surface area contributed by atoms with E-state index in [0.717, 1.165) is 23.8 Å². The predicted molar refractivity (Wildman–Crippen MR) is 83.4 cm³/mol. The Hall–Kier alpha value is -1.19. The summed E-state index contributed by atoms with van der Waals surface area (Å²) in [4.78, 5) is 4.67. The van der Waals surface area contributed by atoms with E-state index in [1.807, 2.05) is 6.07 Å². The molecule has 1 aromatic carbocycles. The van der Waals surface area contributed by atoms with Crippen LogP contribution in [0.2, 0.25) is 0 Å². The number of nitrogens with zero attached hydrogens (tertiary/aromatic N) is 1. The number of thiazole rings is 1. The molecule has 1 N–H and O–H groups in total. The molecule has 19 heavy (non-hydrogen) atoms. The fraction of sp³-hybridized carbons (Fsp3) is 0.438. The van der Waals surface area contributed by atoms with E-state index in [0.29, 0.717) is 0 Å². The van der Waals surface area contributed by atoms with Gasteiger partial charge in [0.15, 0.2) is 0 Å². The van der Waals surface area contributed by atoms with E-state index in [-0.39, 0.29) is 0 Å². The molecule has 0 aliphatic carbocycles. The summed E-state index contributed by atoms with van der Waals surface area (Å²) in [5, 5.41) is 6.74. The van der Waals surface area contributed by atoms with Crippen molar-refractivity contribution in [1.82, 2.24) is 10.3 Å². The van der Waals surface area contributed by atoms with E-state index in [4.69, 9.17) is 0 Å². The highest BCUT2D eigenvalue weighted by molar-refractivity contribution is 7.13. The summed E-state index contributed by atoms with van der Waals surface area (Å²) in [7, 11) is 0. The molecule has 0 unspecified atom stereocenters. The van der Waals surface area contributed by atoms with Gasteiger partial charge in [0.1, 0.15) is 5.01 Å². The summed E-state index contributed by atoms with van der Waals surface area (Å²) in [5.74, 6) is 0. The molecule has 0 saturated carbocycles. The maximum atomic E-state index is 4.67. The summed E-state index contributed by atoms with van der Waals surface area (Å²) in [6.45, 7) is 4.22. The fourth-order valence-electron chi connectivity index (χ4n) is 1.99. The zero-order chi connectivity index (χ0) is 13.3. The minimum atomic E-state index is 0.884. The Morgan fingerprint density at radius 1 is 1.11 bits per heavy atom. The van der Waals surface area contributed by atoms with Gasteiger partial charge in [-0.2, -0.15) is 0 Å². The lowest BCUT2D eigenvalue weighted by Crippen LogP contribution is -2.14. The lowest BCUT2D eigenvalue weighted by Gasteiger charge is -2.01. The van der Waals surface area contributed by atoms with Gasteiger partial charge in [-0.3, -0.25) is 0 Å². The summed E-state index contributed by atoms with van der Waals surface area (Å²) < 4.78 is 0. The van der Waals surface area contributed by atoms with Gasteiger partial charge in [0.2, 0.25) is 0 Å². The topological polar surface area (TPSA) is 24.9 Å². The van der Waals surface area contributed by atoms with E-state index in [9.17, 15) is 0 Å². The van der Waals surface area contributed by atoms with E-state index in [1.54, 1.807) is 11.3 Å². The zero-order valence-electron chi connectivity index (χ0n) is 11.6. The van der Waals surface area contributed by atoms with Crippen LogP contribution < -0.4 is 5.32 Å². The Morgan fingerprint density at radius 3 is 2.74 bits per heavy atom. The number of hydrogen-bond donors (Lipinski definition) is 1. The van der Waals surface area contributed by atoms with E-state index >= 15 is 0 Å². The predicted octanol–water partition coefficient (Wildman–Crippen LogP) is 4.48. The summed E-state index contributed by atoms with van der Waals surface area (Å²) in [6, 6.07) is 10.4. The van der Waals surface area contributed by atoms with Gasteiger partial charge in [-0.15, -0.1) is 11.3 Å². The van der Waals surface area contributed by atoms with Crippen LogP contribution >= 0.6 is 11.3 Å². The summed E-state index contributed by atoms with van der Waals surface area (Å²) >= 11 is 1.72.